The molecular formula is C17H24N2O5S. The fourth-order valence-corrected chi connectivity index (χ4v) is 3.52. The quantitative estimate of drug-likeness (QED) is 0.525. The topological polar surface area (TPSA) is 92.8 Å². The zero-order valence-corrected chi connectivity index (χ0v) is 15.5. The van der Waals surface area contributed by atoms with Crippen molar-refractivity contribution >= 4 is 28.0 Å². The summed E-state index contributed by atoms with van der Waals surface area (Å²) in [5, 5.41) is 2.51. The van der Waals surface area contributed by atoms with E-state index in [-0.39, 0.29) is 17.4 Å². The lowest BCUT2D eigenvalue weighted by molar-refractivity contribution is -0.143. The molecule has 0 unspecified atom stereocenters. The second-order valence-electron chi connectivity index (χ2n) is 5.05. The average Bonchev–Trinajstić information content (AvgIpc) is 2.59. The number of nitrogens with zero attached hydrogens (tertiary/aromatic N) is 1. The molecule has 0 radical (unpaired) electrons. The van der Waals surface area contributed by atoms with Crippen LogP contribution in [-0.4, -0.2) is 50.8 Å². The van der Waals surface area contributed by atoms with Crippen molar-refractivity contribution in [3.05, 3.63) is 35.9 Å². The Balaban J connectivity index is 2.71. The Labute approximate surface area is 148 Å². The first-order chi connectivity index (χ1) is 11.8. The van der Waals surface area contributed by atoms with Gasteiger partial charge in [-0.25, -0.2) is 13.2 Å². The molecule has 0 aliphatic rings. The Morgan fingerprint density at radius 3 is 2.24 bits per heavy atom. The molecule has 25 heavy (non-hydrogen) atoms. The van der Waals surface area contributed by atoms with E-state index < -0.39 is 16.0 Å². The van der Waals surface area contributed by atoms with Gasteiger partial charge in [-0.3, -0.25) is 4.79 Å². The van der Waals surface area contributed by atoms with Crippen LogP contribution < -0.4 is 5.32 Å². The summed E-state index contributed by atoms with van der Waals surface area (Å²) in [6.07, 6.45) is 2.68. The van der Waals surface area contributed by atoms with Crippen LogP contribution in [0.4, 0.5) is 0 Å². The van der Waals surface area contributed by atoms with E-state index in [0.717, 1.165) is 0 Å². The number of sulfonamides is 1. The predicted molar refractivity (Wildman–Crippen MR) is 95.2 cm³/mol. The lowest BCUT2D eigenvalue weighted by atomic mass is 10.2. The van der Waals surface area contributed by atoms with E-state index in [1.807, 2.05) is 0 Å². The van der Waals surface area contributed by atoms with Crippen LogP contribution in [0.15, 0.2) is 35.2 Å². The normalized spacial score (nSPS) is 11.7. The molecule has 0 bridgehead atoms. The minimum Gasteiger partial charge on any atom is -0.452 e. The molecule has 138 valence electrons. The third-order valence-corrected chi connectivity index (χ3v) is 5.42. The molecule has 0 aliphatic heterocycles. The van der Waals surface area contributed by atoms with Gasteiger partial charge in [0.25, 0.3) is 5.91 Å². The molecule has 0 fully saturated rings. The van der Waals surface area contributed by atoms with Gasteiger partial charge in [0.1, 0.15) is 0 Å². The van der Waals surface area contributed by atoms with Gasteiger partial charge < -0.3 is 10.1 Å². The first-order valence-corrected chi connectivity index (χ1v) is 9.50. The van der Waals surface area contributed by atoms with Crippen LogP contribution in [0.1, 0.15) is 26.3 Å². The molecule has 1 rings (SSSR count). The molecule has 0 atom stereocenters. The van der Waals surface area contributed by atoms with Gasteiger partial charge in [-0.1, -0.05) is 26.0 Å². The van der Waals surface area contributed by atoms with Crippen LogP contribution in [-0.2, 0) is 24.3 Å². The highest BCUT2D eigenvalue weighted by Crippen LogP contribution is 2.16. The summed E-state index contributed by atoms with van der Waals surface area (Å²) in [5.41, 5.74) is 0.647. The van der Waals surface area contributed by atoms with Gasteiger partial charge >= 0.3 is 5.97 Å². The lowest BCUT2D eigenvalue weighted by Crippen LogP contribution is -2.30. The third-order valence-electron chi connectivity index (χ3n) is 3.35. The molecule has 0 saturated heterocycles. The van der Waals surface area contributed by atoms with E-state index in [2.05, 4.69) is 5.32 Å². The van der Waals surface area contributed by atoms with Crippen LogP contribution >= 0.6 is 0 Å². The number of amides is 1. The van der Waals surface area contributed by atoms with Gasteiger partial charge in [-0.05, 0) is 30.7 Å². The Hall–Kier alpha value is -2.19. The molecule has 1 amide bonds. The van der Waals surface area contributed by atoms with Crippen LogP contribution in [0.3, 0.4) is 0 Å². The second kappa shape index (κ2) is 9.95. The number of esters is 1. The molecule has 0 spiro atoms. The molecule has 8 heteroatoms. The van der Waals surface area contributed by atoms with Gasteiger partial charge in [0.15, 0.2) is 6.61 Å². The van der Waals surface area contributed by atoms with Crippen molar-refractivity contribution in [3.8, 4) is 0 Å². The van der Waals surface area contributed by atoms with E-state index in [9.17, 15) is 18.0 Å². The second-order valence-corrected chi connectivity index (χ2v) is 6.99. The number of rotatable bonds is 9. The maximum Gasteiger partial charge on any atom is 0.331 e. The molecule has 0 aromatic heterocycles. The van der Waals surface area contributed by atoms with Gasteiger partial charge in [0, 0.05) is 25.7 Å². The van der Waals surface area contributed by atoms with Crippen LogP contribution in [0.2, 0.25) is 0 Å². The maximum absolute atomic E-state index is 12.4. The van der Waals surface area contributed by atoms with Gasteiger partial charge in [-0.2, -0.15) is 4.31 Å². The van der Waals surface area contributed by atoms with Crippen LogP contribution in [0, 0.1) is 0 Å². The first kappa shape index (κ1) is 20.9. The minimum absolute atomic E-state index is 0.201. The lowest BCUT2D eigenvalue weighted by Gasteiger charge is -2.18. The fraction of sp³-hybridized carbons (Fsp3) is 0.412. The van der Waals surface area contributed by atoms with Crippen LogP contribution in [0.25, 0.3) is 6.08 Å². The zero-order chi connectivity index (χ0) is 18.9. The predicted octanol–water partition coefficient (Wildman–Crippen LogP) is 1.41. The summed E-state index contributed by atoms with van der Waals surface area (Å²) in [5.74, 6) is -1.01. The Morgan fingerprint density at radius 2 is 1.72 bits per heavy atom. The van der Waals surface area contributed by atoms with E-state index >= 15 is 0 Å². The Kier molecular flexibility index (Phi) is 8.30. The summed E-state index contributed by atoms with van der Waals surface area (Å²) >= 11 is 0. The number of hydrogen-bond donors (Lipinski definition) is 1. The molecule has 0 saturated carbocycles. The summed E-state index contributed by atoms with van der Waals surface area (Å²) in [6, 6.07) is 6.19. The molecule has 1 N–H and O–H groups in total. The molecule has 1 aromatic rings. The Morgan fingerprint density at radius 1 is 1.12 bits per heavy atom. The van der Waals surface area contributed by atoms with E-state index in [1.165, 1.54) is 28.6 Å². The highest BCUT2D eigenvalue weighted by atomic mass is 32.2. The number of hydrogen-bond acceptors (Lipinski definition) is 5. The summed E-state index contributed by atoms with van der Waals surface area (Å²) in [6.45, 7) is 6.27. The van der Waals surface area contributed by atoms with E-state index in [4.69, 9.17) is 4.74 Å². The molecule has 7 nitrogen and oxygen atoms in total. The van der Waals surface area contributed by atoms with Gasteiger partial charge in [-0.15, -0.1) is 0 Å². The van der Waals surface area contributed by atoms with E-state index in [0.29, 0.717) is 25.2 Å². The van der Waals surface area contributed by atoms with Gasteiger partial charge in [0.2, 0.25) is 10.0 Å². The fourth-order valence-electron chi connectivity index (χ4n) is 2.06. The number of carbonyl (C=O) groups is 2. The number of likely N-dealkylation sites (N-methyl/N-ethyl adjacent to an activating group) is 1. The monoisotopic (exact) mass is 368 g/mol. The van der Waals surface area contributed by atoms with Crippen LogP contribution in [0.5, 0.6) is 0 Å². The summed E-state index contributed by atoms with van der Waals surface area (Å²) < 4.78 is 30.9. The standard InChI is InChI=1S/C17H24N2O5S/c1-4-18-16(20)13-24-17(21)12-9-14-7-10-15(11-8-14)25(22,23)19(5-2)6-3/h7-12H,4-6,13H2,1-3H3,(H,18,20)/b12-9+. The largest absolute Gasteiger partial charge is 0.452 e. The molecule has 0 heterocycles. The van der Waals surface area contributed by atoms with Crippen molar-refractivity contribution in [2.75, 3.05) is 26.2 Å². The summed E-state index contributed by atoms with van der Waals surface area (Å²) in [4.78, 5) is 22.9. The number of benzene rings is 1. The third kappa shape index (κ3) is 6.32. The molecular weight excluding hydrogens is 344 g/mol. The first-order valence-electron chi connectivity index (χ1n) is 8.06. The average molecular weight is 368 g/mol. The zero-order valence-electron chi connectivity index (χ0n) is 14.7. The number of carbonyl (C=O) groups excluding carboxylic acids is 2. The van der Waals surface area contributed by atoms with E-state index in [1.54, 1.807) is 32.9 Å². The van der Waals surface area contributed by atoms with Crippen molar-refractivity contribution < 1.29 is 22.7 Å². The van der Waals surface area contributed by atoms with Crippen molar-refractivity contribution in [1.29, 1.82) is 0 Å². The number of ether oxygens (including phenoxy) is 1. The molecule has 0 aliphatic carbocycles. The minimum atomic E-state index is -3.50. The highest BCUT2D eigenvalue weighted by molar-refractivity contribution is 7.89. The SMILES string of the molecule is CCNC(=O)COC(=O)/C=C/c1ccc(S(=O)(=O)N(CC)CC)cc1. The smallest absolute Gasteiger partial charge is 0.331 e. The van der Waals surface area contributed by atoms with Crippen molar-refractivity contribution in [3.63, 3.8) is 0 Å². The van der Waals surface area contributed by atoms with Gasteiger partial charge in [0.05, 0.1) is 4.90 Å². The highest BCUT2D eigenvalue weighted by Gasteiger charge is 2.20. The van der Waals surface area contributed by atoms with Crippen molar-refractivity contribution in [1.82, 2.24) is 9.62 Å². The summed E-state index contributed by atoms with van der Waals surface area (Å²) in [7, 11) is -3.50. The Bertz CT molecular complexity index is 707. The molecule has 1 aromatic carbocycles. The maximum atomic E-state index is 12.4. The number of nitrogens with one attached hydrogen (secondary N) is 1. The van der Waals surface area contributed by atoms with Crippen molar-refractivity contribution in [2.24, 2.45) is 0 Å². The van der Waals surface area contributed by atoms with Crippen molar-refractivity contribution in [2.45, 2.75) is 25.7 Å².